The van der Waals surface area contributed by atoms with Crippen molar-refractivity contribution in [1.29, 1.82) is 0 Å². The molecule has 2 atom stereocenters. The molecule has 1 aliphatic rings. The quantitative estimate of drug-likeness (QED) is 0.569. The first-order valence-electron chi connectivity index (χ1n) is 6.45. The lowest BCUT2D eigenvalue weighted by atomic mass is 9.76. The van der Waals surface area contributed by atoms with Crippen LogP contribution in [0.3, 0.4) is 0 Å². The first-order chi connectivity index (χ1) is 9.04. The lowest BCUT2D eigenvalue weighted by molar-refractivity contribution is -0.315. The SMILES string of the molecule is CCOC1(OCC)CC(C(F)(F)F)CC(C(F)(F)F)C1. The van der Waals surface area contributed by atoms with Gasteiger partial charge in [0.05, 0.1) is 11.8 Å². The molecule has 0 N–H and O–H groups in total. The van der Waals surface area contributed by atoms with Crippen LogP contribution in [-0.2, 0) is 9.47 Å². The first-order valence-corrected chi connectivity index (χ1v) is 6.45. The van der Waals surface area contributed by atoms with Crippen molar-refractivity contribution >= 4 is 0 Å². The molecule has 0 aromatic rings. The molecule has 2 unspecified atom stereocenters. The van der Waals surface area contributed by atoms with Gasteiger partial charge >= 0.3 is 12.4 Å². The standard InChI is InChI=1S/C12H18F6O2/c1-3-19-10(20-4-2)6-8(11(13,14)15)5-9(7-10)12(16,17)18/h8-9H,3-7H2,1-2H3. The number of hydrogen-bond donors (Lipinski definition) is 0. The molecular weight excluding hydrogens is 290 g/mol. The van der Waals surface area contributed by atoms with Gasteiger partial charge in [-0.15, -0.1) is 0 Å². The number of alkyl halides is 6. The van der Waals surface area contributed by atoms with Crippen LogP contribution in [0, 0.1) is 11.8 Å². The molecular formula is C12H18F6O2. The first kappa shape index (κ1) is 17.6. The maximum Gasteiger partial charge on any atom is 0.392 e. The van der Waals surface area contributed by atoms with Crippen molar-refractivity contribution in [3.05, 3.63) is 0 Å². The minimum atomic E-state index is -4.69. The molecule has 1 aliphatic carbocycles. The highest BCUT2D eigenvalue weighted by Gasteiger charge is 2.57. The van der Waals surface area contributed by atoms with Crippen molar-refractivity contribution in [2.24, 2.45) is 11.8 Å². The van der Waals surface area contributed by atoms with E-state index >= 15 is 0 Å². The molecule has 1 rings (SSSR count). The van der Waals surface area contributed by atoms with E-state index in [1.807, 2.05) is 0 Å². The van der Waals surface area contributed by atoms with E-state index in [1.165, 1.54) is 13.8 Å². The molecule has 1 fully saturated rings. The lowest BCUT2D eigenvalue weighted by Crippen LogP contribution is -2.50. The zero-order valence-electron chi connectivity index (χ0n) is 11.3. The maximum absolute atomic E-state index is 12.8. The molecule has 20 heavy (non-hydrogen) atoms. The predicted molar refractivity (Wildman–Crippen MR) is 58.9 cm³/mol. The monoisotopic (exact) mass is 308 g/mol. The highest BCUT2D eigenvalue weighted by atomic mass is 19.4. The van der Waals surface area contributed by atoms with Gasteiger partial charge in [0.25, 0.3) is 0 Å². The zero-order valence-corrected chi connectivity index (χ0v) is 11.3. The Morgan fingerprint density at radius 2 is 1.20 bits per heavy atom. The Morgan fingerprint density at radius 3 is 1.45 bits per heavy atom. The van der Waals surface area contributed by atoms with Crippen LogP contribution >= 0.6 is 0 Å². The van der Waals surface area contributed by atoms with E-state index in [0.29, 0.717) is 0 Å². The van der Waals surface area contributed by atoms with Crippen LogP contribution in [0.4, 0.5) is 26.3 Å². The summed E-state index contributed by atoms with van der Waals surface area (Å²) in [5.74, 6) is -5.94. The second-order valence-corrected chi connectivity index (χ2v) is 4.90. The molecule has 0 amide bonds. The second-order valence-electron chi connectivity index (χ2n) is 4.90. The molecule has 0 heterocycles. The zero-order chi connectivity index (χ0) is 15.6. The van der Waals surface area contributed by atoms with Gasteiger partial charge in [-0.25, -0.2) is 0 Å². The van der Waals surface area contributed by atoms with Crippen molar-refractivity contribution < 1.29 is 35.8 Å². The highest BCUT2D eigenvalue weighted by molar-refractivity contribution is 4.91. The summed E-state index contributed by atoms with van der Waals surface area (Å²) < 4.78 is 87.4. The van der Waals surface area contributed by atoms with Gasteiger partial charge in [-0.3, -0.25) is 0 Å². The minimum Gasteiger partial charge on any atom is -0.350 e. The third-order valence-electron chi connectivity index (χ3n) is 3.42. The number of hydrogen-bond acceptors (Lipinski definition) is 2. The molecule has 0 aliphatic heterocycles. The van der Waals surface area contributed by atoms with E-state index in [2.05, 4.69) is 0 Å². The normalized spacial score (nSPS) is 27.6. The van der Waals surface area contributed by atoms with Crippen LogP contribution < -0.4 is 0 Å². The number of ether oxygens (including phenoxy) is 2. The van der Waals surface area contributed by atoms with Gasteiger partial charge in [-0.1, -0.05) is 0 Å². The van der Waals surface area contributed by atoms with E-state index in [9.17, 15) is 26.3 Å². The second kappa shape index (κ2) is 6.09. The summed E-state index contributed by atoms with van der Waals surface area (Å²) in [5.41, 5.74) is 0. The molecule has 120 valence electrons. The highest BCUT2D eigenvalue weighted by Crippen LogP contribution is 2.50. The van der Waals surface area contributed by atoms with Crippen LogP contribution in [0.5, 0.6) is 0 Å². The molecule has 0 bridgehead atoms. The average Bonchev–Trinajstić information content (AvgIpc) is 2.26. The Bertz CT molecular complexity index is 282. The van der Waals surface area contributed by atoms with Crippen molar-refractivity contribution in [1.82, 2.24) is 0 Å². The molecule has 0 aromatic carbocycles. The molecule has 8 heteroatoms. The largest absolute Gasteiger partial charge is 0.392 e. The fraction of sp³-hybridized carbons (Fsp3) is 1.00. The number of halogens is 6. The molecule has 1 saturated carbocycles. The maximum atomic E-state index is 12.8. The van der Waals surface area contributed by atoms with E-state index in [4.69, 9.17) is 9.47 Å². The third-order valence-corrected chi connectivity index (χ3v) is 3.42. The van der Waals surface area contributed by atoms with Gasteiger partial charge in [0, 0.05) is 26.1 Å². The Balaban J connectivity index is 3.04. The fourth-order valence-corrected chi connectivity index (χ4v) is 2.65. The number of rotatable bonds is 4. The summed E-state index contributed by atoms with van der Waals surface area (Å²) in [5, 5.41) is 0. The van der Waals surface area contributed by atoms with Gasteiger partial charge in [-0.2, -0.15) is 26.3 Å². The van der Waals surface area contributed by atoms with Crippen LogP contribution in [0.1, 0.15) is 33.1 Å². The van der Waals surface area contributed by atoms with E-state index < -0.39 is 49.2 Å². The summed E-state index contributed by atoms with van der Waals surface area (Å²) in [4.78, 5) is 0. The molecule has 0 saturated heterocycles. The van der Waals surface area contributed by atoms with Crippen molar-refractivity contribution in [2.45, 2.75) is 51.2 Å². The van der Waals surface area contributed by atoms with Crippen LogP contribution in [0.15, 0.2) is 0 Å². The van der Waals surface area contributed by atoms with Crippen molar-refractivity contribution in [3.8, 4) is 0 Å². The van der Waals surface area contributed by atoms with Gasteiger partial charge in [0.15, 0.2) is 5.79 Å². The van der Waals surface area contributed by atoms with Crippen LogP contribution in [0.25, 0.3) is 0 Å². The minimum absolute atomic E-state index is 0.00481. The van der Waals surface area contributed by atoms with Crippen molar-refractivity contribution in [2.75, 3.05) is 13.2 Å². The van der Waals surface area contributed by atoms with Gasteiger partial charge < -0.3 is 9.47 Å². The summed E-state index contributed by atoms with van der Waals surface area (Å²) in [6.45, 7) is 3.02. The average molecular weight is 308 g/mol. The Hall–Kier alpha value is -0.500. The molecule has 2 nitrogen and oxygen atoms in total. The fourth-order valence-electron chi connectivity index (χ4n) is 2.65. The van der Waals surface area contributed by atoms with E-state index in [-0.39, 0.29) is 13.2 Å². The predicted octanol–water partition coefficient (Wildman–Crippen LogP) is 4.30. The summed E-state index contributed by atoms with van der Waals surface area (Å²) in [6.07, 6.45) is -11.5. The summed E-state index contributed by atoms with van der Waals surface area (Å²) in [6, 6.07) is 0. The molecule has 0 spiro atoms. The third kappa shape index (κ3) is 4.25. The summed E-state index contributed by atoms with van der Waals surface area (Å²) in [7, 11) is 0. The van der Waals surface area contributed by atoms with E-state index in [1.54, 1.807) is 0 Å². The van der Waals surface area contributed by atoms with Gasteiger partial charge in [0.2, 0.25) is 0 Å². The van der Waals surface area contributed by atoms with Crippen molar-refractivity contribution in [3.63, 3.8) is 0 Å². The van der Waals surface area contributed by atoms with Crippen LogP contribution in [-0.4, -0.2) is 31.4 Å². The lowest BCUT2D eigenvalue weighted by Gasteiger charge is -2.44. The Kier molecular flexibility index (Phi) is 5.34. The van der Waals surface area contributed by atoms with E-state index in [0.717, 1.165) is 0 Å². The topological polar surface area (TPSA) is 18.5 Å². The smallest absolute Gasteiger partial charge is 0.350 e. The Labute approximate surface area is 113 Å². The van der Waals surface area contributed by atoms with Gasteiger partial charge in [-0.05, 0) is 20.3 Å². The summed E-state index contributed by atoms with van der Waals surface area (Å²) >= 11 is 0. The molecule has 0 aromatic heterocycles. The van der Waals surface area contributed by atoms with Crippen LogP contribution in [0.2, 0.25) is 0 Å². The Morgan fingerprint density at radius 1 is 0.850 bits per heavy atom. The molecule has 0 radical (unpaired) electrons. The van der Waals surface area contributed by atoms with Gasteiger partial charge in [0.1, 0.15) is 0 Å².